The Morgan fingerprint density at radius 2 is 1.84 bits per heavy atom. The van der Waals surface area contributed by atoms with Gasteiger partial charge in [0.1, 0.15) is 10.8 Å². The summed E-state index contributed by atoms with van der Waals surface area (Å²) < 4.78 is 5.64. The number of thiazole rings is 1. The topological polar surface area (TPSA) is 34.2 Å². The van der Waals surface area contributed by atoms with Crippen LogP contribution < -0.4 is 10.1 Å². The summed E-state index contributed by atoms with van der Waals surface area (Å²) >= 11 is 1.72. The Labute approximate surface area is 118 Å². The molecule has 1 heterocycles. The maximum atomic E-state index is 5.64. The second-order valence-electron chi connectivity index (χ2n) is 4.77. The Morgan fingerprint density at radius 1 is 1.16 bits per heavy atom. The van der Waals surface area contributed by atoms with Gasteiger partial charge in [0, 0.05) is 22.7 Å². The molecule has 1 atom stereocenters. The van der Waals surface area contributed by atoms with Gasteiger partial charge < -0.3 is 10.1 Å². The molecule has 2 aromatic rings. The molecule has 0 radical (unpaired) electrons. The van der Waals surface area contributed by atoms with Crippen LogP contribution in [0, 0.1) is 0 Å². The lowest BCUT2D eigenvalue weighted by Gasteiger charge is -2.09. The number of ether oxygens (including phenoxy) is 1. The Bertz CT molecular complexity index is 519. The minimum atomic E-state index is 0.203. The molecule has 1 aromatic heterocycles. The lowest BCUT2D eigenvalue weighted by molar-refractivity contribution is 0.242. The van der Waals surface area contributed by atoms with Crippen molar-refractivity contribution in [3.8, 4) is 16.3 Å². The van der Waals surface area contributed by atoms with Gasteiger partial charge in [-0.05, 0) is 52.1 Å². The molecular weight excluding hydrogens is 256 g/mol. The summed E-state index contributed by atoms with van der Waals surface area (Å²) in [6.45, 7) is 6.19. The van der Waals surface area contributed by atoms with Gasteiger partial charge in [0.2, 0.25) is 0 Å². The highest BCUT2D eigenvalue weighted by atomic mass is 32.1. The van der Waals surface area contributed by atoms with E-state index < -0.39 is 0 Å². The maximum absolute atomic E-state index is 5.64. The SMILES string of the molecule is CNC(C)c1cnc(-c2ccc(OC(C)C)cc2)s1. The molecule has 0 amide bonds. The predicted octanol–water partition coefficient (Wildman–Crippen LogP) is 3.88. The third-order valence-electron chi connectivity index (χ3n) is 2.86. The van der Waals surface area contributed by atoms with Crippen LogP contribution >= 0.6 is 11.3 Å². The first kappa shape index (κ1) is 14.0. The van der Waals surface area contributed by atoms with E-state index in [4.69, 9.17) is 4.74 Å². The summed E-state index contributed by atoms with van der Waals surface area (Å²) in [4.78, 5) is 5.73. The molecule has 0 fully saturated rings. The Kier molecular flexibility index (Phi) is 4.56. The molecular formula is C15H20N2OS. The van der Waals surface area contributed by atoms with E-state index in [1.54, 1.807) is 11.3 Å². The summed E-state index contributed by atoms with van der Waals surface area (Å²) in [5.41, 5.74) is 1.13. The van der Waals surface area contributed by atoms with Crippen LogP contribution in [-0.2, 0) is 0 Å². The van der Waals surface area contributed by atoms with Gasteiger partial charge in [0.05, 0.1) is 6.10 Å². The molecule has 0 bridgehead atoms. The second kappa shape index (κ2) is 6.17. The van der Waals surface area contributed by atoms with Gasteiger partial charge in [0.15, 0.2) is 0 Å². The molecule has 0 saturated carbocycles. The van der Waals surface area contributed by atoms with Crippen LogP contribution in [0.2, 0.25) is 0 Å². The Hall–Kier alpha value is -1.39. The van der Waals surface area contributed by atoms with Crippen LogP contribution in [0.1, 0.15) is 31.7 Å². The fraction of sp³-hybridized carbons (Fsp3) is 0.400. The van der Waals surface area contributed by atoms with Crippen LogP contribution in [0.25, 0.3) is 10.6 Å². The number of rotatable bonds is 5. The molecule has 0 aliphatic rings. The van der Waals surface area contributed by atoms with Crippen LogP contribution in [0.4, 0.5) is 0 Å². The molecule has 0 aliphatic heterocycles. The molecule has 19 heavy (non-hydrogen) atoms. The normalized spacial score (nSPS) is 12.7. The van der Waals surface area contributed by atoms with E-state index in [2.05, 4.69) is 29.4 Å². The van der Waals surface area contributed by atoms with Gasteiger partial charge in [-0.1, -0.05) is 0 Å². The van der Waals surface area contributed by atoms with Crippen LogP contribution in [0.5, 0.6) is 5.75 Å². The summed E-state index contributed by atoms with van der Waals surface area (Å²) in [7, 11) is 1.96. The van der Waals surface area contributed by atoms with Gasteiger partial charge in [-0.15, -0.1) is 11.3 Å². The monoisotopic (exact) mass is 276 g/mol. The molecule has 1 unspecified atom stereocenters. The summed E-state index contributed by atoms with van der Waals surface area (Å²) in [6, 6.07) is 8.46. The van der Waals surface area contributed by atoms with Crippen molar-refractivity contribution < 1.29 is 4.74 Å². The first-order valence-electron chi connectivity index (χ1n) is 6.50. The average molecular weight is 276 g/mol. The van der Waals surface area contributed by atoms with E-state index in [-0.39, 0.29) is 6.10 Å². The Balaban J connectivity index is 2.15. The van der Waals surface area contributed by atoms with Gasteiger partial charge in [-0.3, -0.25) is 0 Å². The van der Waals surface area contributed by atoms with E-state index in [1.165, 1.54) is 4.88 Å². The van der Waals surface area contributed by atoms with E-state index in [0.29, 0.717) is 6.04 Å². The van der Waals surface area contributed by atoms with E-state index in [1.807, 2.05) is 39.2 Å². The first-order valence-corrected chi connectivity index (χ1v) is 7.32. The minimum absolute atomic E-state index is 0.203. The molecule has 0 aliphatic carbocycles. The fourth-order valence-electron chi connectivity index (χ4n) is 1.71. The summed E-state index contributed by atoms with van der Waals surface area (Å²) in [5, 5.41) is 4.28. The van der Waals surface area contributed by atoms with Crippen molar-refractivity contribution in [2.24, 2.45) is 0 Å². The van der Waals surface area contributed by atoms with E-state index in [0.717, 1.165) is 16.3 Å². The molecule has 1 N–H and O–H groups in total. The van der Waals surface area contributed by atoms with Crippen molar-refractivity contribution in [3.05, 3.63) is 35.3 Å². The predicted molar refractivity (Wildman–Crippen MR) is 80.8 cm³/mol. The van der Waals surface area contributed by atoms with Crippen molar-refractivity contribution in [1.82, 2.24) is 10.3 Å². The highest BCUT2D eigenvalue weighted by molar-refractivity contribution is 7.15. The third-order valence-corrected chi connectivity index (χ3v) is 4.09. The average Bonchev–Trinajstić information content (AvgIpc) is 2.87. The van der Waals surface area contributed by atoms with Gasteiger partial charge in [-0.25, -0.2) is 4.98 Å². The number of hydrogen-bond acceptors (Lipinski definition) is 4. The number of nitrogens with zero attached hydrogens (tertiary/aromatic N) is 1. The smallest absolute Gasteiger partial charge is 0.123 e. The van der Waals surface area contributed by atoms with Crippen molar-refractivity contribution in [3.63, 3.8) is 0 Å². The van der Waals surface area contributed by atoms with Crippen molar-refractivity contribution in [2.75, 3.05) is 7.05 Å². The number of aromatic nitrogens is 1. The number of benzene rings is 1. The van der Waals surface area contributed by atoms with Crippen molar-refractivity contribution in [2.45, 2.75) is 32.9 Å². The first-order chi connectivity index (χ1) is 9.10. The third kappa shape index (κ3) is 3.55. The highest BCUT2D eigenvalue weighted by Gasteiger charge is 2.09. The number of hydrogen-bond donors (Lipinski definition) is 1. The molecule has 1 aromatic carbocycles. The second-order valence-corrected chi connectivity index (χ2v) is 5.83. The standard InChI is InChI=1S/C15H20N2OS/c1-10(2)18-13-7-5-12(6-8-13)15-17-9-14(19-15)11(3)16-4/h5-11,16H,1-4H3. The molecule has 3 nitrogen and oxygen atoms in total. The molecule has 0 spiro atoms. The van der Waals surface area contributed by atoms with Gasteiger partial charge in [0.25, 0.3) is 0 Å². The maximum Gasteiger partial charge on any atom is 0.123 e. The van der Waals surface area contributed by atoms with Crippen molar-refractivity contribution in [1.29, 1.82) is 0 Å². The fourth-order valence-corrected chi connectivity index (χ4v) is 2.69. The quantitative estimate of drug-likeness (QED) is 0.900. The van der Waals surface area contributed by atoms with Crippen LogP contribution in [-0.4, -0.2) is 18.1 Å². The lowest BCUT2D eigenvalue weighted by Crippen LogP contribution is -2.10. The van der Waals surface area contributed by atoms with Crippen molar-refractivity contribution >= 4 is 11.3 Å². The van der Waals surface area contributed by atoms with Crippen LogP contribution in [0.15, 0.2) is 30.5 Å². The number of nitrogens with one attached hydrogen (secondary N) is 1. The largest absolute Gasteiger partial charge is 0.491 e. The Morgan fingerprint density at radius 3 is 2.42 bits per heavy atom. The minimum Gasteiger partial charge on any atom is -0.491 e. The zero-order valence-electron chi connectivity index (χ0n) is 11.8. The van der Waals surface area contributed by atoms with Gasteiger partial charge >= 0.3 is 0 Å². The van der Waals surface area contributed by atoms with Gasteiger partial charge in [-0.2, -0.15) is 0 Å². The highest BCUT2D eigenvalue weighted by Crippen LogP contribution is 2.29. The zero-order valence-corrected chi connectivity index (χ0v) is 12.6. The molecule has 4 heteroatoms. The van der Waals surface area contributed by atoms with E-state index in [9.17, 15) is 0 Å². The lowest BCUT2D eigenvalue weighted by atomic mass is 10.2. The zero-order chi connectivity index (χ0) is 13.8. The molecule has 0 saturated heterocycles. The molecule has 102 valence electrons. The molecule has 2 rings (SSSR count). The van der Waals surface area contributed by atoms with E-state index >= 15 is 0 Å². The van der Waals surface area contributed by atoms with Crippen LogP contribution in [0.3, 0.4) is 0 Å². The summed E-state index contributed by atoms with van der Waals surface area (Å²) in [6.07, 6.45) is 2.15. The summed E-state index contributed by atoms with van der Waals surface area (Å²) in [5.74, 6) is 0.902.